The second-order valence-electron chi connectivity index (χ2n) is 6.48. The molecule has 4 rings (SSSR count). The number of benzene rings is 3. The first-order valence-electron chi connectivity index (χ1n) is 8.92. The van der Waals surface area contributed by atoms with Gasteiger partial charge in [-0.3, -0.25) is 9.59 Å². The quantitative estimate of drug-likeness (QED) is 0.276. The summed E-state index contributed by atoms with van der Waals surface area (Å²) in [6.45, 7) is 0. The van der Waals surface area contributed by atoms with Gasteiger partial charge in [-0.1, -0.05) is 82.1 Å². The van der Waals surface area contributed by atoms with E-state index in [1.807, 2.05) is 60.7 Å². The lowest BCUT2D eigenvalue weighted by Crippen LogP contribution is -2.18. The molecule has 3 aromatic carbocycles. The van der Waals surface area contributed by atoms with E-state index in [9.17, 15) is 9.59 Å². The summed E-state index contributed by atoms with van der Waals surface area (Å²) in [4.78, 5) is 28.8. The number of allylic oxidation sites excluding steroid dienone is 1. The van der Waals surface area contributed by atoms with Crippen molar-refractivity contribution in [2.24, 2.45) is 0 Å². The minimum Gasteiger partial charge on any atom is -0.321 e. The summed E-state index contributed by atoms with van der Waals surface area (Å²) in [6.07, 6.45) is 3.12. The summed E-state index contributed by atoms with van der Waals surface area (Å²) in [6, 6.07) is 22.2. The molecule has 0 aliphatic heterocycles. The van der Waals surface area contributed by atoms with E-state index in [1.54, 1.807) is 18.2 Å². The molecule has 0 saturated carbocycles. The van der Waals surface area contributed by atoms with E-state index >= 15 is 0 Å². The molecule has 0 atom stereocenters. The fraction of sp³-hybridized carbons (Fsp3) is 0. The highest BCUT2D eigenvalue weighted by molar-refractivity contribution is 9.10. The van der Waals surface area contributed by atoms with E-state index in [4.69, 9.17) is 11.6 Å². The molecule has 0 saturated heterocycles. The molecule has 1 heterocycles. The van der Waals surface area contributed by atoms with E-state index in [1.165, 1.54) is 6.08 Å². The number of fused-ring (bicyclic) bond motifs is 1. The second kappa shape index (κ2) is 8.19. The van der Waals surface area contributed by atoms with Gasteiger partial charge in [-0.25, -0.2) is 0 Å². The molecular weight excluding hydrogens is 450 g/mol. The van der Waals surface area contributed by atoms with Crippen LogP contribution in [0.3, 0.4) is 0 Å². The number of H-pyrrole nitrogens is 1. The normalized spacial score (nSPS) is 11.2. The Morgan fingerprint density at radius 1 is 0.966 bits per heavy atom. The Labute approximate surface area is 180 Å². The third-order valence-electron chi connectivity index (χ3n) is 4.59. The highest BCUT2D eigenvalue weighted by atomic mass is 79.9. The summed E-state index contributed by atoms with van der Waals surface area (Å²) in [5.41, 5.74) is 2.29. The number of pyridine rings is 1. The monoisotopic (exact) mass is 463 g/mol. The van der Waals surface area contributed by atoms with Gasteiger partial charge in [0.05, 0.1) is 5.56 Å². The lowest BCUT2D eigenvalue weighted by atomic mass is 9.93. The van der Waals surface area contributed by atoms with Gasteiger partial charge in [-0.2, -0.15) is 0 Å². The molecule has 0 fully saturated rings. The van der Waals surface area contributed by atoms with Gasteiger partial charge >= 0.3 is 0 Å². The Balaban J connectivity index is 1.98. The molecular formula is C24H15BrClNO2. The fourth-order valence-electron chi connectivity index (χ4n) is 3.26. The SMILES string of the molecule is O=C(/C=C/c1ccccc1)c1c(-c2ccccc2Cl)c2cc(Br)ccc2[nH]c1=O. The molecule has 29 heavy (non-hydrogen) atoms. The molecule has 1 aromatic heterocycles. The number of halogens is 2. The average molecular weight is 465 g/mol. The summed E-state index contributed by atoms with van der Waals surface area (Å²) < 4.78 is 0.837. The summed E-state index contributed by atoms with van der Waals surface area (Å²) in [5.74, 6) is -0.383. The van der Waals surface area contributed by atoms with Gasteiger partial charge in [-0.05, 0) is 35.9 Å². The van der Waals surface area contributed by atoms with Crippen molar-refractivity contribution in [2.45, 2.75) is 0 Å². The van der Waals surface area contributed by atoms with Crippen LogP contribution < -0.4 is 5.56 Å². The van der Waals surface area contributed by atoms with Crippen LogP contribution in [0, 0.1) is 0 Å². The molecule has 1 N–H and O–H groups in total. The Bertz CT molecular complexity index is 1310. The molecule has 4 aromatic rings. The lowest BCUT2D eigenvalue weighted by molar-refractivity contribution is 0.104. The third kappa shape index (κ3) is 3.95. The molecule has 0 radical (unpaired) electrons. The number of ketones is 1. The number of carbonyl (C=O) groups excluding carboxylic acids is 1. The predicted octanol–water partition coefficient (Wildman–Crippen LogP) is 6.51. The van der Waals surface area contributed by atoms with Crippen LogP contribution in [0.25, 0.3) is 28.1 Å². The van der Waals surface area contributed by atoms with Crippen LogP contribution in [0.4, 0.5) is 0 Å². The first-order chi connectivity index (χ1) is 14.0. The molecule has 3 nitrogen and oxygen atoms in total. The molecule has 0 unspecified atom stereocenters. The van der Waals surface area contributed by atoms with Crippen molar-refractivity contribution in [1.82, 2.24) is 4.98 Å². The van der Waals surface area contributed by atoms with Gasteiger partial charge in [0.25, 0.3) is 5.56 Å². The van der Waals surface area contributed by atoms with Crippen LogP contribution in [0.15, 0.2) is 88.1 Å². The van der Waals surface area contributed by atoms with Crippen molar-refractivity contribution in [2.75, 3.05) is 0 Å². The van der Waals surface area contributed by atoms with Gasteiger partial charge < -0.3 is 4.98 Å². The minimum absolute atomic E-state index is 0.0656. The van der Waals surface area contributed by atoms with Crippen molar-refractivity contribution in [3.63, 3.8) is 0 Å². The minimum atomic E-state index is -0.447. The van der Waals surface area contributed by atoms with Gasteiger partial charge in [0, 0.05) is 31.5 Å². The summed E-state index contributed by atoms with van der Waals surface area (Å²) >= 11 is 9.92. The zero-order chi connectivity index (χ0) is 20.4. The Morgan fingerprint density at radius 2 is 1.69 bits per heavy atom. The van der Waals surface area contributed by atoms with Crippen LogP contribution in [0.5, 0.6) is 0 Å². The van der Waals surface area contributed by atoms with Crippen molar-refractivity contribution < 1.29 is 4.79 Å². The van der Waals surface area contributed by atoms with Crippen molar-refractivity contribution in [1.29, 1.82) is 0 Å². The fourth-order valence-corrected chi connectivity index (χ4v) is 3.85. The van der Waals surface area contributed by atoms with Gasteiger partial charge in [-0.15, -0.1) is 0 Å². The zero-order valence-corrected chi connectivity index (χ0v) is 17.5. The largest absolute Gasteiger partial charge is 0.321 e. The van der Waals surface area contributed by atoms with Crippen LogP contribution >= 0.6 is 27.5 Å². The first-order valence-corrected chi connectivity index (χ1v) is 10.1. The van der Waals surface area contributed by atoms with E-state index in [0.717, 1.165) is 15.4 Å². The maximum atomic E-state index is 13.1. The molecule has 0 spiro atoms. The first kappa shape index (κ1) is 19.4. The van der Waals surface area contributed by atoms with E-state index in [0.29, 0.717) is 21.7 Å². The van der Waals surface area contributed by atoms with Crippen LogP contribution in [0.1, 0.15) is 15.9 Å². The lowest BCUT2D eigenvalue weighted by Gasteiger charge is -2.13. The number of aromatic nitrogens is 1. The molecule has 0 aliphatic carbocycles. The van der Waals surface area contributed by atoms with Gasteiger partial charge in [0.2, 0.25) is 0 Å². The van der Waals surface area contributed by atoms with Crippen LogP contribution in [0.2, 0.25) is 5.02 Å². The van der Waals surface area contributed by atoms with Crippen molar-refractivity contribution in [3.05, 3.63) is 110 Å². The van der Waals surface area contributed by atoms with Crippen LogP contribution in [-0.2, 0) is 0 Å². The number of nitrogens with one attached hydrogen (secondary N) is 1. The number of hydrogen-bond acceptors (Lipinski definition) is 2. The molecule has 5 heteroatoms. The number of hydrogen-bond donors (Lipinski definition) is 1. The number of aromatic amines is 1. The van der Waals surface area contributed by atoms with Crippen molar-refractivity contribution >= 4 is 50.3 Å². The Hall–Kier alpha value is -2.95. The van der Waals surface area contributed by atoms with E-state index in [2.05, 4.69) is 20.9 Å². The topological polar surface area (TPSA) is 49.9 Å². The highest BCUT2D eigenvalue weighted by Gasteiger charge is 2.21. The van der Waals surface area contributed by atoms with Gasteiger partial charge in [0.15, 0.2) is 5.78 Å². The maximum absolute atomic E-state index is 13.1. The molecule has 0 bridgehead atoms. The molecule has 0 amide bonds. The second-order valence-corrected chi connectivity index (χ2v) is 7.81. The smallest absolute Gasteiger partial charge is 0.260 e. The standard InChI is InChI=1S/C24H15BrClNO2/c25-16-11-12-20-18(14-16)22(17-8-4-5-9-19(17)26)23(24(29)27-20)21(28)13-10-15-6-2-1-3-7-15/h1-14H,(H,27,29)/b13-10+. The molecule has 142 valence electrons. The highest BCUT2D eigenvalue weighted by Crippen LogP contribution is 2.35. The van der Waals surface area contributed by atoms with E-state index in [-0.39, 0.29) is 11.3 Å². The predicted molar refractivity (Wildman–Crippen MR) is 123 cm³/mol. The number of carbonyl (C=O) groups is 1. The third-order valence-corrected chi connectivity index (χ3v) is 5.42. The van der Waals surface area contributed by atoms with Crippen molar-refractivity contribution in [3.8, 4) is 11.1 Å². The maximum Gasteiger partial charge on any atom is 0.260 e. The Morgan fingerprint density at radius 3 is 2.45 bits per heavy atom. The number of rotatable bonds is 4. The average Bonchev–Trinajstić information content (AvgIpc) is 2.73. The zero-order valence-electron chi connectivity index (χ0n) is 15.2. The van der Waals surface area contributed by atoms with E-state index < -0.39 is 5.56 Å². The summed E-state index contributed by atoms with van der Waals surface area (Å²) in [5, 5.41) is 1.21. The van der Waals surface area contributed by atoms with Gasteiger partial charge in [0.1, 0.15) is 0 Å². The van der Waals surface area contributed by atoms with Crippen LogP contribution in [-0.4, -0.2) is 10.8 Å². The molecule has 0 aliphatic rings. The Kier molecular flexibility index (Phi) is 5.47. The summed E-state index contributed by atoms with van der Waals surface area (Å²) in [7, 11) is 0.